The van der Waals surface area contributed by atoms with Crippen LogP contribution in [0.3, 0.4) is 0 Å². The molecule has 2 heterocycles. The minimum atomic E-state index is -0.0977. The molecular formula is C18H26N4O2. The van der Waals surface area contributed by atoms with Gasteiger partial charge in [0, 0.05) is 45.5 Å². The van der Waals surface area contributed by atoms with Crippen molar-refractivity contribution < 1.29 is 9.59 Å². The van der Waals surface area contributed by atoms with Gasteiger partial charge >= 0.3 is 0 Å². The van der Waals surface area contributed by atoms with Crippen molar-refractivity contribution in [2.24, 2.45) is 11.8 Å². The fourth-order valence-corrected chi connectivity index (χ4v) is 3.44. The highest BCUT2D eigenvalue weighted by atomic mass is 16.2. The van der Waals surface area contributed by atoms with Gasteiger partial charge in [-0.25, -0.2) is 4.98 Å². The third-order valence-corrected chi connectivity index (χ3v) is 5.06. The van der Waals surface area contributed by atoms with Gasteiger partial charge < -0.3 is 14.7 Å². The van der Waals surface area contributed by atoms with Crippen molar-refractivity contribution in [2.75, 3.05) is 44.2 Å². The molecule has 0 spiro atoms. The molecule has 1 aromatic rings. The number of hydrogen-bond acceptors (Lipinski definition) is 4. The van der Waals surface area contributed by atoms with Crippen LogP contribution >= 0.6 is 0 Å². The van der Waals surface area contributed by atoms with E-state index in [1.54, 1.807) is 6.20 Å². The monoisotopic (exact) mass is 330 g/mol. The largest absolute Gasteiger partial charge is 0.353 e. The number of hydrogen-bond donors (Lipinski definition) is 0. The number of pyridine rings is 1. The van der Waals surface area contributed by atoms with Crippen LogP contribution in [0.1, 0.15) is 20.3 Å². The predicted molar refractivity (Wildman–Crippen MR) is 92.6 cm³/mol. The average Bonchev–Trinajstić information content (AvgIpc) is 3.44. The first-order valence-electron chi connectivity index (χ1n) is 8.89. The van der Waals surface area contributed by atoms with E-state index in [4.69, 9.17) is 0 Å². The molecule has 24 heavy (non-hydrogen) atoms. The van der Waals surface area contributed by atoms with Gasteiger partial charge in [0.1, 0.15) is 5.82 Å². The third kappa shape index (κ3) is 3.37. The molecule has 2 amide bonds. The Hall–Kier alpha value is -2.11. The Labute approximate surface area is 143 Å². The third-order valence-electron chi connectivity index (χ3n) is 5.06. The summed E-state index contributed by atoms with van der Waals surface area (Å²) in [6.07, 6.45) is 2.51. The first-order valence-corrected chi connectivity index (χ1v) is 8.89. The maximum absolute atomic E-state index is 12.6. The molecule has 2 aliphatic rings. The number of carbonyl (C=O) groups excluding carboxylic acids is 2. The lowest BCUT2D eigenvalue weighted by molar-refractivity contribution is -0.138. The molecular weight excluding hydrogens is 304 g/mol. The zero-order valence-corrected chi connectivity index (χ0v) is 14.5. The molecule has 0 bridgehead atoms. The minimum absolute atomic E-state index is 0.0915. The van der Waals surface area contributed by atoms with Gasteiger partial charge in [0.05, 0.1) is 11.8 Å². The highest BCUT2D eigenvalue weighted by molar-refractivity contribution is 5.92. The number of piperazine rings is 1. The minimum Gasteiger partial charge on any atom is -0.353 e. The van der Waals surface area contributed by atoms with Crippen LogP contribution in [0.15, 0.2) is 24.4 Å². The molecule has 0 N–H and O–H groups in total. The number of aromatic nitrogens is 1. The lowest BCUT2D eigenvalue weighted by Crippen LogP contribution is -2.49. The second kappa shape index (κ2) is 7.20. The quantitative estimate of drug-likeness (QED) is 0.815. The summed E-state index contributed by atoms with van der Waals surface area (Å²) in [6, 6.07) is 5.88. The first kappa shape index (κ1) is 16.7. The van der Waals surface area contributed by atoms with E-state index in [-0.39, 0.29) is 23.7 Å². The van der Waals surface area contributed by atoms with E-state index in [9.17, 15) is 9.59 Å². The van der Waals surface area contributed by atoms with Crippen molar-refractivity contribution >= 4 is 17.6 Å². The molecule has 1 aliphatic carbocycles. The summed E-state index contributed by atoms with van der Waals surface area (Å²) >= 11 is 0. The Kier molecular flexibility index (Phi) is 5.02. The van der Waals surface area contributed by atoms with Crippen molar-refractivity contribution in [3.8, 4) is 0 Å². The number of amides is 2. The zero-order chi connectivity index (χ0) is 17.1. The molecule has 6 heteroatoms. The standard InChI is InChI=1S/C18H26N4O2/c1-3-20(4-2)17(23)14-13-15(14)18(24)22-11-9-21(10-12-22)16-7-5-6-8-19-16/h5-8,14-15H,3-4,9-13H2,1-2H3. The molecule has 3 rings (SSSR count). The zero-order valence-electron chi connectivity index (χ0n) is 14.5. The van der Waals surface area contributed by atoms with Crippen molar-refractivity contribution in [1.29, 1.82) is 0 Å². The topological polar surface area (TPSA) is 56.8 Å². The number of rotatable bonds is 5. The fraction of sp³-hybridized carbons (Fsp3) is 0.611. The van der Waals surface area contributed by atoms with Crippen LogP contribution in [0.25, 0.3) is 0 Å². The number of nitrogens with zero attached hydrogens (tertiary/aromatic N) is 4. The SMILES string of the molecule is CCN(CC)C(=O)C1CC1C(=O)N1CCN(c2ccccn2)CC1. The molecule has 2 unspecified atom stereocenters. The van der Waals surface area contributed by atoms with Crippen LogP contribution in [-0.4, -0.2) is 65.9 Å². The summed E-state index contributed by atoms with van der Waals surface area (Å²) in [5.41, 5.74) is 0. The van der Waals surface area contributed by atoms with E-state index >= 15 is 0 Å². The highest BCUT2D eigenvalue weighted by Gasteiger charge is 2.50. The number of carbonyl (C=O) groups is 2. The molecule has 1 saturated carbocycles. The summed E-state index contributed by atoms with van der Waals surface area (Å²) in [7, 11) is 0. The molecule has 2 atom stereocenters. The van der Waals surface area contributed by atoms with Crippen molar-refractivity contribution in [3.63, 3.8) is 0 Å². The summed E-state index contributed by atoms with van der Waals surface area (Å²) in [5, 5.41) is 0. The summed E-state index contributed by atoms with van der Waals surface area (Å²) < 4.78 is 0. The van der Waals surface area contributed by atoms with Crippen LogP contribution in [0, 0.1) is 11.8 Å². The second-order valence-corrected chi connectivity index (χ2v) is 6.46. The van der Waals surface area contributed by atoms with Gasteiger partial charge in [-0.1, -0.05) is 6.07 Å². The Morgan fingerprint density at radius 1 is 1.12 bits per heavy atom. The van der Waals surface area contributed by atoms with Crippen LogP contribution in [-0.2, 0) is 9.59 Å². The summed E-state index contributed by atoms with van der Waals surface area (Å²) in [6.45, 7) is 8.41. The van der Waals surface area contributed by atoms with E-state index < -0.39 is 0 Å². The van der Waals surface area contributed by atoms with Crippen molar-refractivity contribution in [2.45, 2.75) is 20.3 Å². The van der Waals surface area contributed by atoms with Gasteiger partial charge in [-0.3, -0.25) is 9.59 Å². The van der Waals surface area contributed by atoms with E-state index in [1.165, 1.54) is 0 Å². The average molecular weight is 330 g/mol. The molecule has 1 aliphatic heterocycles. The molecule has 6 nitrogen and oxygen atoms in total. The molecule has 0 aromatic carbocycles. The summed E-state index contributed by atoms with van der Waals surface area (Å²) in [4.78, 5) is 35.3. The van der Waals surface area contributed by atoms with Gasteiger partial charge in [0.15, 0.2) is 0 Å². The Balaban J connectivity index is 1.51. The van der Waals surface area contributed by atoms with Gasteiger partial charge in [0.25, 0.3) is 0 Å². The van der Waals surface area contributed by atoms with E-state index in [2.05, 4.69) is 9.88 Å². The van der Waals surface area contributed by atoms with Crippen molar-refractivity contribution in [1.82, 2.24) is 14.8 Å². The van der Waals surface area contributed by atoms with Gasteiger partial charge in [-0.2, -0.15) is 0 Å². The Bertz CT molecular complexity index is 580. The Morgan fingerprint density at radius 3 is 2.42 bits per heavy atom. The summed E-state index contributed by atoms with van der Waals surface area (Å²) in [5.74, 6) is 1.07. The fourth-order valence-electron chi connectivity index (χ4n) is 3.44. The molecule has 0 radical (unpaired) electrons. The lowest BCUT2D eigenvalue weighted by Gasteiger charge is -2.35. The first-order chi connectivity index (χ1) is 11.7. The van der Waals surface area contributed by atoms with Gasteiger partial charge in [-0.15, -0.1) is 0 Å². The van der Waals surface area contributed by atoms with Crippen LogP contribution in [0.4, 0.5) is 5.82 Å². The molecule has 1 aromatic heterocycles. The maximum atomic E-state index is 12.6. The predicted octanol–water partition coefficient (Wildman–Crippen LogP) is 1.23. The van der Waals surface area contributed by atoms with Crippen LogP contribution in [0.5, 0.6) is 0 Å². The van der Waals surface area contributed by atoms with E-state index in [0.717, 1.165) is 32.0 Å². The van der Waals surface area contributed by atoms with E-state index in [1.807, 2.05) is 41.8 Å². The van der Waals surface area contributed by atoms with Gasteiger partial charge in [0.2, 0.25) is 11.8 Å². The smallest absolute Gasteiger partial charge is 0.226 e. The van der Waals surface area contributed by atoms with Crippen LogP contribution < -0.4 is 4.90 Å². The number of anilines is 1. The normalized spacial score (nSPS) is 23.1. The molecule has 1 saturated heterocycles. The van der Waals surface area contributed by atoms with Gasteiger partial charge in [-0.05, 0) is 32.4 Å². The van der Waals surface area contributed by atoms with E-state index in [0.29, 0.717) is 19.5 Å². The van der Waals surface area contributed by atoms with Crippen molar-refractivity contribution in [3.05, 3.63) is 24.4 Å². The maximum Gasteiger partial charge on any atom is 0.226 e. The second-order valence-electron chi connectivity index (χ2n) is 6.46. The lowest BCUT2D eigenvalue weighted by atomic mass is 10.2. The van der Waals surface area contributed by atoms with Crippen LogP contribution in [0.2, 0.25) is 0 Å². The Morgan fingerprint density at radius 2 is 1.83 bits per heavy atom. The molecule has 2 fully saturated rings. The molecule has 130 valence electrons. The highest BCUT2D eigenvalue weighted by Crippen LogP contribution is 2.41.